The van der Waals surface area contributed by atoms with Crippen LogP contribution < -0.4 is 10.5 Å². The highest BCUT2D eigenvalue weighted by Gasteiger charge is 2.38. The Balaban J connectivity index is 2.73. The standard InChI is InChI=1S/C13H17F2NO2/c1-2-3-8-18-11-6-4-10(5-7-11)13(14,15)12(16)9-17/h4-7,9,12H,2-3,8,16H2,1H3. The van der Waals surface area contributed by atoms with Gasteiger partial charge in [-0.05, 0) is 30.7 Å². The van der Waals surface area contributed by atoms with Gasteiger partial charge in [-0.2, -0.15) is 8.78 Å². The van der Waals surface area contributed by atoms with Crippen LogP contribution in [-0.2, 0) is 10.7 Å². The molecule has 0 aliphatic heterocycles. The Morgan fingerprint density at radius 1 is 1.39 bits per heavy atom. The number of alkyl halides is 2. The van der Waals surface area contributed by atoms with Gasteiger partial charge in [0.25, 0.3) is 5.92 Å². The smallest absolute Gasteiger partial charge is 0.294 e. The SMILES string of the molecule is CCCCOc1ccc(C(F)(F)C(N)C=O)cc1. The lowest BCUT2D eigenvalue weighted by atomic mass is 10.0. The van der Waals surface area contributed by atoms with E-state index < -0.39 is 12.0 Å². The number of aldehydes is 1. The molecule has 0 heterocycles. The maximum Gasteiger partial charge on any atom is 0.294 e. The van der Waals surface area contributed by atoms with Crippen molar-refractivity contribution in [3.63, 3.8) is 0 Å². The molecule has 1 atom stereocenters. The Labute approximate surface area is 105 Å². The lowest BCUT2D eigenvalue weighted by molar-refractivity contribution is -0.118. The van der Waals surface area contributed by atoms with Gasteiger partial charge in [-0.3, -0.25) is 0 Å². The van der Waals surface area contributed by atoms with E-state index in [1.165, 1.54) is 24.3 Å². The summed E-state index contributed by atoms with van der Waals surface area (Å²) in [6.07, 6.45) is 1.96. The Hall–Kier alpha value is -1.49. The largest absolute Gasteiger partial charge is 0.494 e. The molecule has 18 heavy (non-hydrogen) atoms. The first-order valence-corrected chi connectivity index (χ1v) is 5.84. The predicted octanol–water partition coefficient (Wildman–Crippen LogP) is 2.48. The number of benzene rings is 1. The first-order chi connectivity index (χ1) is 8.52. The second-order valence-electron chi connectivity index (χ2n) is 4.01. The van der Waals surface area contributed by atoms with Crippen LogP contribution in [0.5, 0.6) is 5.75 Å². The van der Waals surface area contributed by atoms with E-state index in [2.05, 4.69) is 0 Å². The quantitative estimate of drug-likeness (QED) is 0.603. The van der Waals surface area contributed by atoms with Gasteiger partial charge in [0.15, 0.2) is 0 Å². The summed E-state index contributed by atoms with van der Waals surface area (Å²) in [4.78, 5) is 10.3. The monoisotopic (exact) mass is 257 g/mol. The minimum Gasteiger partial charge on any atom is -0.494 e. The molecule has 0 spiro atoms. The van der Waals surface area contributed by atoms with Crippen LogP contribution >= 0.6 is 0 Å². The maximum absolute atomic E-state index is 13.6. The molecule has 1 aromatic carbocycles. The molecule has 0 bridgehead atoms. The highest BCUT2D eigenvalue weighted by molar-refractivity contribution is 5.60. The molecular weight excluding hydrogens is 240 g/mol. The Morgan fingerprint density at radius 2 is 2.00 bits per heavy atom. The van der Waals surface area contributed by atoms with Crippen LogP contribution in [0.1, 0.15) is 25.3 Å². The summed E-state index contributed by atoms with van der Waals surface area (Å²) >= 11 is 0. The zero-order valence-corrected chi connectivity index (χ0v) is 10.2. The molecule has 5 heteroatoms. The summed E-state index contributed by atoms with van der Waals surface area (Å²) in [6, 6.07) is 3.53. The van der Waals surface area contributed by atoms with Gasteiger partial charge in [-0.1, -0.05) is 13.3 Å². The Morgan fingerprint density at radius 3 is 2.50 bits per heavy atom. The van der Waals surface area contributed by atoms with Crippen LogP contribution in [0.25, 0.3) is 0 Å². The van der Waals surface area contributed by atoms with Crippen molar-refractivity contribution in [1.29, 1.82) is 0 Å². The minimum atomic E-state index is -3.36. The fourth-order valence-electron chi connectivity index (χ4n) is 1.39. The van der Waals surface area contributed by atoms with E-state index in [4.69, 9.17) is 10.5 Å². The molecule has 0 aromatic heterocycles. The third-order valence-corrected chi connectivity index (χ3v) is 2.57. The summed E-state index contributed by atoms with van der Waals surface area (Å²) < 4.78 is 32.5. The van der Waals surface area contributed by atoms with Crippen molar-refractivity contribution in [1.82, 2.24) is 0 Å². The molecule has 3 nitrogen and oxygen atoms in total. The van der Waals surface area contributed by atoms with Gasteiger partial charge in [0.1, 0.15) is 18.1 Å². The molecular formula is C13H17F2NO2. The summed E-state index contributed by atoms with van der Waals surface area (Å²) in [6.45, 7) is 2.59. The van der Waals surface area contributed by atoms with Gasteiger partial charge < -0.3 is 15.3 Å². The zero-order chi connectivity index (χ0) is 13.6. The third-order valence-electron chi connectivity index (χ3n) is 2.57. The van der Waals surface area contributed by atoms with Crippen LogP contribution in [0, 0.1) is 0 Å². The van der Waals surface area contributed by atoms with Crippen LogP contribution in [0.15, 0.2) is 24.3 Å². The Kier molecular flexibility index (Phi) is 5.22. The molecule has 0 aliphatic carbocycles. The van der Waals surface area contributed by atoms with Crippen molar-refractivity contribution >= 4 is 6.29 Å². The van der Waals surface area contributed by atoms with E-state index in [0.717, 1.165) is 12.8 Å². The zero-order valence-electron chi connectivity index (χ0n) is 10.2. The van der Waals surface area contributed by atoms with Crippen molar-refractivity contribution in [3.05, 3.63) is 29.8 Å². The number of hydrogen-bond acceptors (Lipinski definition) is 3. The molecule has 100 valence electrons. The van der Waals surface area contributed by atoms with E-state index in [0.29, 0.717) is 12.4 Å². The van der Waals surface area contributed by atoms with E-state index in [1.807, 2.05) is 6.92 Å². The van der Waals surface area contributed by atoms with Crippen molar-refractivity contribution in [2.45, 2.75) is 31.7 Å². The van der Waals surface area contributed by atoms with Crippen molar-refractivity contribution in [3.8, 4) is 5.75 Å². The van der Waals surface area contributed by atoms with Gasteiger partial charge >= 0.3 is 0 Å². The highest BCUT2D eigenvalue weighted by Crippen LogP contribution is 2.31. The highest BCUT2D eigenvalue weighted by atomic mass is 19.3. The number of halogens is 2. The molecule has 2 N–H and O–H groups in total. The predicted molar refractivity (Wildman–Crippen MR) is 64.8 cm³/mol. The van der Waals surface area contributed by atoms with Crippen LogP contribution in [0.4, 0.5) is 8.78 Å². The second kappa shape index (κ2) is 6.44. The van der Waals surface area contributed by atoms with Gasteiger partial charge in [0, 0.05) is 5.56 Å². The molecule has 0 saturated heterocycles. The lowest BCUT2D eigenvalue weighted by Gasteiger charge is -2.19. The molecule has 0 amide bonds. The maximum atomic E-state index is 13.6. The van der Waals surface area contributed by atoms with Gasteiger partial charge in [-0.25, -0.2) is 0 Å². The first-order valence-electron chi connectivity index (χ1n) is 5.84. The normalized spacial score (nSPS) is 13.1. The van der Waals surface area contributed by atoms with Crippen LogP contribution in [0.3, 0.4) is 0 Å². The van der Waals surface area contributed by atoms with Gasteiger partial charge in [0.2, 0.25) is 0 Å². The molecule has 0 fully saturated rings. The fraction of sp³-hybridized carbons (Fsp3) is 0.462. The third kappa shape index (κ3) is 3.50. The van der Waals surface area contributed by atoms with Crippen molar-refractivity contribution < 1.29 is 18.3 Å². The molecule has 1 unspecified atom stereocenters. The molecule has 1 rings (SSSR count). The second-order valence-corrected chi connectivity index (χ2v) is 4.01. The first kappa shape index (κ1) is 14.6. The number of hydrogen-bond donors (Lipinski definition) is 1. The summed E-state index contributed by atoms with van der Waals surface area (Å²) in [7, 11) is 0. The number of rotatable bonds is 7. The Bertz CT molecular complexity index is 379. The van der Waals surface area contributed by atoms with E-state index in [9.17, 15) is 13.6 Å². The molecule has 1 aromatic rings. The lowest BCUT2D eigenvalue weighted by Crippen LogP contribution is -2.39. The van der Waals surface area contributed by atoms with E-state index in [-0.39, 0.29) is 11.8 Å². The van der Waals surface area contributed by atoms with E-state index in [1.54, 1.807) is 0 Å². The molecule has 0 saturated carbocycles. The minimum absolute atomic E-state index is 0.0473. The number of ether oxygens (including phenoxy) is 1. The average Bonchev–Trinajstić information content (AvgIpc) is 2.38. The van der Waals surface area contributed by atoms with Crippen LogP contribution in [0.2, 0.25) is 0 Å². The number of unbranched alkanes of at least 4 members (excludes halogenated alkanes) is 1. The summed E-state index contributed by atoms with van der Waals surface area (Å²) in [5.74, 6) is -2.83. The topological polar surface area (TPSA) is 52.3 Å². The number of carbonyl (C=O) groups excluding carboxylic acids is 1. The average molecular weight is 257 g/mol. The number of nitrogens with two attached hydrogens (primary N) is 1. The molecule has 0 aliphatic rings. The van der Waals surface area contributed by atoms with Gasteiger partial charge in [0.05, 0.1) is 6.61 Å². The van der Waals surface area contributed by atoms with Crippen molar-refractivity contribution in [2.75, 3.05) is 6.61 Å². The van der Waals surface area contributed by atoms with Crippen molar-refractivity contribution in [2.24, 2.45) is 5.73 Å². The fourth-order valence-corrected chi connectivity index (χ4v) is 1.39. The summed E-state index contributed by atoms with van der Waals surface area (Å²) in [5, 5.41) is 0. The number of carbonyl (C=O) groups is 1. The van der Waals surface area contributed by atoms with Crippen LogP contribution in [-0.4, -0.2) is 18.9 Å². The van der Waals surface area contributed by atoms with Gasteiger partial charge in [-0.15, -0.1) is 0 Å². The summed E-state index contributed by atoms with van der Waals surface area (Å²) in [5.41, 5.74) is 4.78. The molecule has 0 radical (unpaired) electrons. The van der Waals surface area contributed by atoms with E-state index >= 15 is 0 Å².